The van der Waals surface area contributed by atoms with Crippen LogP contribution in [0.3, 0.4) is 0 Å². The molecule has 0 radical (unpaired) electrons. The number of allylic oxidation sites excluding steroid dienone is 2. The molecule has 5 nitrogen and oxygen atoms in total. The van der Waals surface area contributed by atoms with Crippen molar-refractivity contribution < 1.29 is 19.1 Å². The van der Waals surface area contributed by atoms with Gasteiger partial charge < -0.3 is 14.8 Å². The molecule has 0 unspecified atom stereocenters. The lowest BCUT2D eigenvalue weighted by Crippen LogP contribution is -2.38. The zero-order chi connectivity index (χ0) is 17.7. The summed E-state index contributed by atoms with van der Waals surface area (Å²) >= 11 is 1.66. The van der Waals surface area contributed by atoms with E-state index >= 15 is 0 Å². The normalized spacial score (nSPS) is 24.5. The van der Waals surface area contributed by atoms with Gasteiger partial charge in [-0.05, 0) is 35.6 Å². The van der Waals surface area contributed by atoms with E-state index in [1.165, 1.54) is 4.88 Å². The third-order valence-corrected chi connectivity index (χ3v) is 6.32. The van der Waals surface area contributed by atoms with Gasteiger partial charge in [0.15, 0.2) is 17.3 Å². The predicted molar refractivity (Wildman–Crippen MR) is 96.4 cm³/mol. The Morgan fingerprint density at radius 1 is 1.04 bits per heavy atom. The molecule has 3 aliphatic rings. The molecule has 6 heteroatoms. The Balaban J connectivity index is 1.53. The number of carbonyl (C=O) groups is 2. The van der Waals surface area contributed by atoms with Crippen molar-refractivity contribution in [3.8, 4) is 11.5 Å². The van der Waals surface area contributed by atoms with Gasteiger partial charge in [-0.15, -0.1) is 11.3 Å². The van der Waals surface area contributed by atoms with E-state index in [-0.39, 0.29) is 36.7 Å². The van der Waals surface area contributed by atoms with Crippen LogP contribution in [0.1, 0.15) is 41.5 Å². The van der Waals surface area contributed by atoms with Crippen molar-refractivity contribution in [1.29, 1.82) is 0 Å². The summed E-state index contributed by atoms with van der Waals surface area (Å²) in [5.41, 5.74) is 2.48. The lowest BCUT2D eigenvalue weighted by atomic mass is 9.74. The maximum Gasteiger partial charge on any atom is 0.231 e. The second-order valence-corrected chi connectivity index (χ2v) is 7.83. The maximum absolute atomic E-state index is 13.0. The van der Waals surface area contributed by atoms with Crippen molar-refractivity contribution in [2.75, 3.05) is 6.79 Å². The van der Waals surface area contributed by atoms with E-state index in [0.29, 0.717) is 24.3 Å². The molecular weight excluding hydrogens is 350 g/mol. The molecule has 1 N–H and O–H groups in total. The van der Waals surface area contributed by atoms with E-state index in [2.05, 4.69) is 11.4 Å². The van der Waals surface area contributed by atoms with Crippen LogP contribution in [-0.4, -0.2) is 18.5 Å². The summed E-state index contributed by atoms with van der Waals surface area (Å²) in [5, 5.41) is 4.99. The van der Waals surface area contributed by atoms with Crippen LogP contribution >= 0.6 is 11.3 Å². The summed E-state index contributed by atoms with van der Waals surface area (Å²) in [4.78, 5) is 26.5. The van der Waals surface area contributed by atoms with Crippen LogP contribution < -0.4 is 14.8 Å². The summed E-state index contributed by atoms with van der Waals surface area (Å²) in [6.07, 6.45) is 1.48. The smallest absolute Gasteiger partial charge is 0.231 e. The van der Waals surface area contributed by atoms with Crippen molar-refractivity contribution >= 4 is 23.0 Å². The number of amides is 1. The molecule has 2 atom stereocenters. The Hall–Kier alpha value is -2.60. The van der Waals surface area contributed by atoms with Crippen molar-refractivity contribution in [2.24, 2.45) is 0 Å². The number of ketones is 1. The van der Waals surface area contributed by atoms with E-state index < -0.39 is 0 Å². The number of nitrogens with one attached hydrogen (secondary N) is 1. The topological polar surface area (TPSA) is 64.6 Å². The molecule has 0 spiro atoms. The van der Waals surface area contributed by atoms with Gasteiger partial charge >= 0.3 is 0 Å². The highest BCUT2D eigenvalue weighted by atomic mass is 32.1. The van der Waals surface area contributed by atoms with Gasteiger partial charge in [0.25, 0.3) is 0 Å². The summed E-state index contributed by atoms with van der Waals surface area (Å²) in [6, 6.07) is 9.75. The molecule has 3 heterocycles. The number of rotatable bonds is 2. The Morgan fingerprint density at radius 3 is 2.77 bits per heavy atom. The molecule has 0 saturated heterocycles. The Morgan fingerprint density at radius 2 is 1.92 bits per heavy atom. The quantitative estimate of drug-likeness (QED) is 0.883. The second-order valence-electron chi connectivity index (χ2n) is 6.85. The van der Waals surface area contributed by atoms with Gasteiger partial charge in [0, 0.05) is 40.8 Å². The lowest BCUT2D eigenvalue weighted by molar-refractivity contribution is -0.122. The van der Waals surface area contributed by atoms with Crippen LogP contribution in [0.4, 0.5) is 0 Å². The molecule has 1 aliphatic carbocycles. The summed E-state index contributed by atoms with van der Waals surface area (Å²) < 4.78 is 10.8. The standard InChI is InChI=1S/C20H17NO4S/c22-15-7-12(18-2-1-5-26-18)6-14-20(15)13(9-19(23)21-14)11-3-4-16-17(8-11)25-10-24-16/h1-5,8,12-13H,6-7,9-10H2,(H,21,23)/t12-,13-/m0/s1. The molecule has 26 heavy (non-hydrogen) atoms. The molecule has 0 fully saturated rings. The minimum Gasteiger partial charge on any atom is -0.454 e. The number of ether oxygens (including phenoxy) is 2. The van der Waals surface area contributed by atoms with E-state index in [9.17, 15) is 9.59 Å². The monoisotopic (exact) mass is 367 g/mol. The first-order valence-corrected chi connectivity index (χ1v) is 9.56. The highest BCUT2D eigenvalue weighted by molar-refractivity contribution is 7.10. The first-order valence-electron chi connectivity index (χ1n) is 8.68. The Kier molecular flexibility index (Phi) is 3.60. The number of hydrogen-bond acceptors (Lipinski definition) is 5. The van der Waals surface area contributed by atoms with E-state index in [1.54, 1.807) is 11.3 Å². The molecule has 5 rings (SSSR count). The number of Topliss-reactive ketones (excluding diaryl/α,β-unsaturated/α-hetero) is 1. The van der Waals surface area contributed by atoms with Crippen LogP contribution in [0.15, 0.2) is 47.0 Å². The SMILES string of the molecule is O=C1C[C@@H](c2ccc3c(c2)OCO3)C2=C(C[C@H](c3cccs3)CC2=O)N1. The fourth-order valence-corrected chi connectivity index (χ4v) is 4.93. The van der Waals surface area contributed by atoms with Gasteiger partial charge in [-0.1, -0.05) is 12.1 Å². The van der Waals surface area contributed by atoms with Crippen molar-refractivity contribution in [1.82, 2.24) is 5.32 Å². The van der Waals surface area contributed by atoms with Crippen LogP contribution in [0.25, 0.3) is 0 Å². The molecule has 132 valence electrons. The Labute approximate surface area is 154 Å². The zero-order valence-corrected chi connectivity index (χ0v) is 14.8. The molecule has 1 aromatic carbocycles. The molecular formula is C20H17NO4S. The van der Waals surface area contributed by atoms with E-state index in [1.807, 2.05) is 29.6 Å². The highest BCUT2D eigenvalue weighted by Crippen LogP contribution is 2.45. The molecule has 2 aromatic rings. The molecule has 2 aliphatic heterocycles. The van der Waals surface area contributed by atoms with Gasteiger partial charge in [-0.25, -0.2) is 0 Å². The average molecular weight is 367 g/mol. The first-order chi connectivity index (χ1) is 12.7. The van der Waals surface area contributed by atoms with Crippen molar-refractivity contribution in [3.05, 3.63) is 57.4 Å². The summed E-state index contributed by atoms with van der Waals surface area (Å²) in [6.45, 7) is 0.208. The van der Waals surface area contributed by atoms with Gasteiger partial charge in [0.1, 0.15) is 0 Å². The fraction of sp³-hybridized carbons (Fsp3) is 0.300. The third-order valence-electron chi connectivity index (χ3n) is 5.28. The van der Waals surface area contributed by atoms with E-state index in [0.717, 1.165) is 16.8 Å². The second kappa shape index (κ2) is 5.99. The maximum atomic E-state index is 13.0. The molecule has 0 bridgehead atoms. The van der Waals surface area contributed by atoms with Crippen molar-refractivity contribution in [3.63, 3.8) is 0 Å². The minimum atomic E-state index is -0.218. The molecule has 1 amide bonds. The highest BCUT2D eigenvalue weighted by Gasteiger charge is 2.38. The number of fused-ring (bicyclic) bond motifs is 1. The number of thiophene rings is 1. The number of carbonyl (C=O) groups excluding carboxylic acids is 2. The molecule has 1 aromatic heterocycles. The third kappa shape index (κ3) is 2.52. The van der Waals surface area contributed by atoms with Crippen LogP contribution in [0.5, 0.6) is 11.5 Å². The minimum absolute atomic E-state index is 0.0361. The largest absolute Gasteiger partial charge is 0.454 e. The van der Waals surface area contributed by atoms with Gasteiger partial charge in [-0.3, -0.25) is 9.59 Å². The summed E-state index contributed by atoms with van der Waals surface area (Å²) in [5.74, 6) is 1.41. The average Bonchev–Trinajstić information content (AvgIpc) is 3.31. The zero-order valence-electron chi connectivity index (χ0n) is 14.0. The number of benzene rings is 1. The van der Waals surface area contributed by atoms with Gasteiger partial charge in [0.05, 0.1) is 0 Å². The van der Waals surface area contributed by atoms with Gasteiger partial charge in [0.2, 0.25) is 12.7 Å². The van der Waals surface area contributed by atoms with Crippen molar-refractivity contribution in [2.45, 2.75) is 31.1 Å². The van der Waals surface area contributed by atoms with Crippen LogP contribution in [-0.2, 0) is 9.59 Å². The van der Waals surface area contributed by atoms with Crippen LogP contribution in [0, 0.1) is 0 Å². The lowest BCUT2D eigenvalue weighted by Gasteiger charge is -2.34. The summed E-state index contributed by atoms with van der Waals surface area (Å²) in [7, 11) is 0. The first kappa shape index (κ1) is 15.6. The van der Waals surface area contributed by atoms with Gasteiger partial charge in [-0.2, -0.15) is 0 Å². The Bertz CT molecular complexity index is 931. The predicted octanol–water partition coefficient (Wildman–Crippen LogP) is 3.48. The molecule has 0 saturated carbocycles. The van der Waals surface area contributed by atoms with Crippen LogP contribution in [0.2, 0.25) is 0 Å². The number of hydrogen-bond donors (Lipinski definition) is 1. The fourth-order valence-electron chi connectivity index (χ4n) is 4.10. The van der Waals surface area contributed by atoms with E-state index in [4.69, 9.17) is 9.47 Å².